The Kier molecular flexibility index (Phi) is 2.58. The molecule has 0 aromatic rings. The minimum Gasteiger partial charge on any atom is -0.496 e. The predicted molar refractivity (Wildman–Crippen MR) is 62.1 cm³/mol. The van der Waals surface area contributed by atoms with Crippen molar-refractivity contribution in [1.29, 1.82) is 0 Å². The van der Waals surface area contributed by atoms with Gasteiger partial charge in [-0.2, -0.15) is 0 Å². The van der Waals surface area contributed by atoms with Crippen LogP contribution >= 0.6 is 0 Å². The molecular weight excluding hydrogens is 220 g/mol. The standard InChI is InChI=1S/C13H18O4/c1-8-7-13(9(2)6-12(8,3)15)10(16-4)5-11(14)17-13/h5-6,8,15H,7H2,1-4H3/t8-,12+,13+/m0/s1. The molecule has 1 heterocycles. The normalized spacial score (nSPS) is 41.0. The highest BCUT2D eigenvalue weighted by atomic mass is 16.6. The van der Waals surface area contributed by atoms with Gasteiger partial charge in [0.2, 0.25) is 0 Å². The molecule has 17 heavy (non-hydrogen) atoms. The molecule has 0 amide bonds. The van der Waals surface area contributed by atoms with E-state index in [1.54, 1.807) is 13.0 Å². The quantitative estimate of drug-likeness (QED) is 0.556. The molecule has 0 fully saturated rings. The van der Waals surface area contributed by atoms with Crippen molar-refractivity contribution in [3.63, 3.8) is 0 Å². The minimum atomic E-state index is -0.872. The number of carbonyl (C=O) groups excluding carboxylic acids is 1. The van der Waals surface area contributed by atoms with Crippen molar-refractivity contribution in [2.75, 3.05) is 7.11 Å². The predicted octanol–water partition coefficient (Wildman–Crippen LogP) is 1.55. The van der Waals surface area contributed by atoms with Crippen LogP contribution in [0.15, 0.2) is 23.5 Å². The van der Waals surface area contributed by atoms with Crippen LogP contribution < -0.4 is 0 Å². The second-order valence-electron chi connectivity index (χ2n) is 5.12. The van der Waals surface area contributed by atoms with Crippen molar-refractivity contribution < 1.29 is 19.4 Å². The Morgan fingerprint density at radius 2 is 2.24 bits per heavy atom. The van der Waals surface area contributed by atoms with E-state index in [0.29, 0.717) is 12.2 Å². The topological polar surface area (TPSA) is 55.8 Å². The molecule has 4 nitrogen and oxygen atoms in total. The zero-order valence-corrected chi connectivity index (χ0v) is 10.6. The molecule has 0 saturated carbocycles. The molecule has 94 valence electrons. The second kappa shape index (κ2) is 3.60. The lowest BCUT2D eigenvalue weighted by molar-refractivity contribution is -0.148. The molecule has 0 radical (unpaired) electrons. The van der Waals surface area contributed by atoms with Gasteiger partial charge in [0.05, 0.1) is 18.8 Å². The lowest BCUT2D eigenvalue weighted by atomic mass is 9.71. The largest absolute Gasteiger partial charge is 0.496 e. The van der Waals surface area contributed by atoms with Crippen LogP contribution in [0.3, 0.4) is 0 Å². The van der Waals surface area contributed by atoms with Crippen molar-refractivity contribution in [2.24, 2.45) is 5.92 Å². The molecule has 0 unspecified atom stereocenters. The van der Waals surface area contributed by atoms with E-state index >= 15 is 0 Å². The molecule has 1 spiro atoms. The molecular formula is C13H18O4. The summed E-state index contributed by atoms with van der Waals surface area (Å²) >= 11 is 0. The van der Waals surface area contributed by atoms with E-state index < -0.39 is 11.2 Å². The Bertz CT molecular complexity index is 419. The summed E-state index contributed by atoms with van der Waals surface area (Å²) in [4.78, 5) is 11.4. The Morgan fingerprint density at radius 3 is 2.82 bits per heavy atom. The first-order chi connectivity index (χ1) is 7.82. The third-order valence-electron chi connectivity index (χ3n) is 3.88. The monoisotopic (exact) mass is 238 g/mol. The zero-order chi connectivity index (χ0) is 12.8. The van der Waals surface area contributed by atoms with Crippen LogP contribution in [0.5, 0.6) is 0 Å². The van der Waals surface area contributed by atoms with Crippen LogP contribution in [0, 0.1) is 5.92 Å². The van der Waals surface area contributed by atoms with E-state index in [2.05, 4.69) is 0 Å². The summed E-state index contributed by atoms with van der Waals surface area (Å²) in [5.41, 5.74) is -0.865. The first-order valence-electron chi connectivity index (χ1n) is 5.73. The summed E-state index contributed by atoms with van der Waals surface area (Å²) in [6, 6.07) is 0. The summed E-state index contributed by atoms with van der Waals surface area (Å²) in [5.74, 6) is 0.123. The van der Waals surface area contributed by atoms with E-state index in [9.17, 15) is 9.90 Å². The number of rotatable bonds is 1. The summed E-state index contributed by atoms with van der Waals surface area (Å²) in [5, 5.41) is 10.2. The summed E-state index contributed by atoms with van der Waals surface area (Å²) in [7, 11) is 1.53. The number of methoxy groups -OCH3 is 1. The molecule has 1 aliphatic carbocycles. The Hall–Kier alpha value is -1.29. The SMILES string of the molecule is COC1=CC(=O)O[C@@]12C[C@H](C)[C@](C)(O)C=C2C. The summed E-state index contributed by atoms with van der Waals surface area (Å²) in [6.45, 7) is 5.55. The van der Waals surface area contributed by atoms with E-state index in [1.165, 1.54) is 13.2 Å². The highest BCUT2D eigenvalue weighted by Gasteiger charge is 2.52. The maximum Gasteiger partial charge on any atom is 0.335 e. The molecule has 2 aliphatic rings. The third-order valence-corrected chi connectivity index (χ3v) is 3.88. The van der Waals surface area contributed by atoms with Gasteiger partial charge in [-0.1, -0.05) is 6.92 Å². The lowest BCUT2D eigenvalue weighted by Crippen LogP contribution is -2.47. The van der Waals surface area contributed by atoms with Gasteiger partial charge in [-0.25, -0.2) is 4.79 Å². The van der Waals surface area contributed by atoms with E-state index in [0.717, 1.165) is 5.57 Å². The molecule has 1 N–H and O–H groups in total. The van der Waals surface area contributed by atoms with Crippen molar-refractivity contribution in [1.82, 2.24) is 0 Å². The van der Waals surface area contributed by atoms with Crippen molar-refractivity contribution in [2.45, 2.75) is 38.4 Å². The van der Waals surface area contributed by atoms with Gasteiger partial charge in [0.25, 0.3) is 0 Å². The van der Waals surface area contributed by atoms with Gasteiger partial charge in [0.15, 0.2) is 11.4 Å². The van der Waals surface area contributed by atoms with E-state index in [4.69, 9.17) is 9.47 Å². The first-order valence-corrected chi connectivity index (χ1v) is 5.73. The highest BCUT2D eigenvalue weighted by Crippen LogP contribution is 2.47. The smallest absolute Gasteiger partial charge is 0.335 e. The zero-order valence-electron chi connectivity index (χ0n) is 10.6. The van der Waals surface area contributed by atoms with Crippen LogP contribution in [-0.4, -0.2) is 29.4 Å². The van der Waals surface area contributed by atoms with Gasteiger partial charge >= 0.3 is 5.97 Å². The maximum absolute atomic E-state index is 11.4. The van der Waals surface area contributed by atoms with Crippen LogP contribution in [0.1, 0.15) is 27.2 Å². The molecule has 4 heteroatoms. The summed E-state index contributed by atoms with van der Waals surface area (Å²) in [6.07, 6.45) is 3.67. The number of carbonyl (C=O) groups is 1. The van der Waals surface area contributed by atoms with E-state index in [-0.39, 0.29) is 11.9 Å². The Morgan fingerprint density at radius 1 is 1.59 bits per heavy atom. The number of hydrogen-bond acceptors (Lipinski definition) is 4. The Labute approximate surface area is 101 Å². The maximum atomic E-state index is 11.4. The van der Waals surface area contributed by atoms with Gasteiger partial charge in [-0.05, 0) is 31.4 Å². The number of ether oxygens (including phenoxy) is 2. The van der Waals surface area contributed by atoms with Gasteiger partial charge in [0, 0.05) is 6.42 Å². The van der Waals surface area contributed by atoms with Crippen LogP contribution in [0.4, 0.5) is 0 Å². The van der Waals surface area contributed by atoms with Crippen molar-refractivity contribution in [3.8, 4) is 0 Å². The van der Waals surface area contributed by atoms with Crippen LogP contribution in [-0.2, 0) is 14.3 Å². The van der Waals surface area contributed by atoms with Gasteiger partial charge in [-0.15, -0.1) is 0 Å². The number of esters is 1. The fraction of sp³-hybridized carbons (Fsp3) is 0.615. The van der Waals surface area contributed by atoms with Gasteiger partial charge in [-0.3, -0.25) is 0 Å². The van der Waals surface area contributed by atoms with Gasteiger partial charge < -0.3 is 14.6 Å². The van der Waals surface area contributed by atoms with Crippen LogP contribution in [0.25, 0.3) is 0 Å². The fourth-order valence-electron chi connectivity index (χ4n) is 2.61. The Balaban J connectivity index is 2.48. The summed E-state index contributed by atoms with van der Waals surface area (Å²) < 4.78 is 10.7. The van der Waals surface area contributed by atoms with Gasteiger partial charge in [0.1, 0.15) is 0 Å². The van der Waals surface area contributed by atoms with Crippen molar-refractivity contribution >= 4 is 5.97 Å². The molecule has 0 saturated heterocycles. The van der Waals surface area contributed by atoms with E-state index in [1.807, 2.05) is 13.8 Å². The molecule has 0 aromatic heterocycles. The third kappa shape index (κ3) is 1.67. The first kappa shape index (κ1) is 12.2. The van der Waals surface area contributed by atoms with Crippen LogP contribution in [0.2, 0.25) is 0 Å². The highest BCUT2D eigenvalue weighted by molar-refractivity contribution is 5.87. The average molecular weight is 238 g/mol. The molecule has 2 rings (SSSR count). The second-order valence-corrected chi connectivity index (χ2v) is 5.12. The molecule has 1 aliphatic heterocycles. The average Bonchev–Trinajstić information content (AvgIpc) is 2.53. The minimum absolute atomic E-state index is 0.0179. The molecule has 3 atom stereocenters. The molecule has 0 bridgehead atoms. The number of aliphatic hydroxyl groups is 1. The lowest BCUT2D eigenvalue weighted by Gasteiger charge is -2.42. The number of hydrogen-bond donors (Lipinski definition) is 1. The fourth-order valence-corrected chi connectivity index (χ4v) is 2.61. The van der Waals surface area contributed by atoms with Crippen molar-refractivity contribution in [3.05, 3.63) is 23.5 Å². The molecule has 0 aromatic carbocycles.